The zero-order valence-electron chi connectivity index (χ0n) is 12.4. The van der Waals surface area contributed by atoms with E-state index >= 15 is 0 Å². The topological polar surface area (TPSA) is 49.4 Å². The third-order valence-electron chi connectivity index (χ3n) is 4.48. The van der Waals surface area contributed by atoms with Crippen LogP contribution < -0.4 is 5.32 Å². The summed E-state index contributed by atoms with van der Waals surface area (Å²) in [5.41, 5.74) is 0.0715. The summed E-state index contributed by atoms with van der Waals surface area (Å²) in [6.07, 6.45) is 3.01. The van der Waals surface area contributed by atoms with Gasteiger partial charge in [0.1, 0.15) is 5.54 Å². The van der Waals surface area contributed by atoms with Crippen molar-refractivity contribution >= 4 is 35.0 Å². The van der Waals surface area contributed by atoms with Gasteiger partial charge in [0, 0.05) is 29.1 Å². The molecule has 3 rings (SSSR count). The zero-order chi connectivity index (χ0) is 15.9. The zero-order valence-corrected chi connectivity index (χ0v) is 13.9. The molecule has 1 aliphatic carbocycles. The lowest BCUT2D eigenvalue weighted by molar-refractivity contribution is -0.141. The Morgan fingerprint density at radius 1 is 1.41 bits per heavy atom. The summed E-state index contributed by atoms with van der Waals surface area (Å²) in [6, 6.07) is 5.43. The van der Waals surface area contributed by atoms with Crippen molar-refractivity contribution in [2.45, 2.75) is 50.7 Å². The first-order valence-corrected chi connectivity index (χ1v) is 8.22. The van der Waals surface area contributed by atoms with Crippen molar-refractivity contribution < 1.29 is 9.59 Å². The van der Waals surface area contributed by atoms with Crippen LogP contribution in [0.4, 0.5) is 0 Å². The highest BCUT2D eigenvalue weighted by Crippen LogP contribution is 2.40. The quantitative estimate of drug-likeness (QED) is 0.915. The van der Waals surface area contributed by atoms with Crippen LogP contribution in [0.2, 0.25) is 10.0 Å². The van der Waals surface area contributed by atoms with Gasteiger partial charge in [-0.15, -0.1) is 0 Å². The molecule has 0 spiro atoms. The number of benzene rings is 1. The molecule has 2 amide bonds. The lowest BCUT2D eigenvalue weighted by Crippen LogP contribution is -2.55. The predicted molar refractivity (Wildman–Crippen MR) is 85.8 cm³/mol. The van der Waals surface area contributed by atoms with Crippen LogP contribution in [-0.2, 0) is 16.1 Å². The van der Waals surface area contributed by atoms with E-state index in [1.54, 1.807) is 23.1 Å². The van der Waals surface area contributed by atoms with Gasteiger partial charge in [-0.25, -0.2) is 0 Å². The number of halogens is 2. The number of amides is 2. The molecule has 1 saturated heterocycles. The average molecular weight is 341 g/mol. The lowest BCUT2D eigenvalue weighted by Gasteiger charge is -2.34. The molecule has 22 heavy (non-hydrogen) atoms. The summed E-state index contributed by atoms with van der Waals surface area (Å²) in [5, 5.41) is 4.01. The lowest BCUT2D eigenvalue weighted by atomic mass is 9.97. The Kier molecular flexibility index (Phi) is 4.08. The molecule has 1 aliphatic heterocycles. The van der Waals surface area contributed by atoms with Crippen LogP contribution >= 0.6 is 23.2 Å². The SMILES string of the molecule is CC1(C(=O)NCc2ccc(Cl)cc2Cl)CCC(=O)N1C1CC1. The molecule has 1 heterocycles. The summed E-state index contributed by atoms with van der Waals surface area (Å²) >= 11 is 12.0. The Morgan fingerprint density at radius 3 is 2.77 bits per heavy atom. The second-order valence-electron chi connectivity index (χ2n) is 6.19. The standard InChI is InChI=1S/C16H18Cl2N2O2/c1-16(7-6-14(21)20(16)12-4-5-12)15(22)19-9-10-2-3-11(17)8-13(10)18/h2-3,8,12H,4-7,9H2,1H3,(H,19,22). The maximum atomic E-state index is 12.6. The van der Waals surface area contributed by atoms with Crippen LogP contribution in [0.3, 0.4) is 0 Å². The molecule has 1 N–H and O–H groups in total. The number of nitrogens with one attached hydrogen (secondary N) is 1. The van der Waals surface area contributed by atoms with E-state index in [9.17, 15) is 9.59 Å². The van der Waals surface area contributed by atoms with E-state index in [2.05, 4.69) is 5.32 Å². The average Bonchev–Trinajstić information content (AvgIpc) is 3.24. The van der Waals surface area contributed by atoms with Crippen molar-refractivity contribution in [3.05, 3.63) is 33.8 Å². The van der Waals surface area contributed by atoms with Gasteiger partial charge in [-0.2, -0.15) is 0 Å². The minimum absolute atomic E-state index is 0.0877. The fraction of sp³-hybridized carbons (Fsp3) is 0.500. The molecule has 2 fully saturated rings. The summed E-state index contributed by atoms with van der Waals surface area (Å²) < 4.78 is 0. The normalized spacial score (nSPS) is 24.7. The van der Waals surface area contributed by atoms with E-state index in [1.807, 2.05) is 6.92 Å². The van der Waals surface area contributed by atoms with E-state index in [4.69, 9.17) is 23.2 Å². The Labute approximate surface area is 139 Å². The van der Waals surface area contributed by atoms with Gasteiger partial charge in [0.2, 0.25) is 11.8 Å². The highest BCUT2D eigenvalue weighted by atomic mass is 35.5. The number of rotatable bonds is 4. The molecule has 1 aromatic rings. The van der Waals surface area contributed by atoms with Gasteiger partial charge in [0.05, 0.1) is 0 Å². The highest BCUT2D eigenvalue weighted by Gasteiger charge is 2.52. The van der Waals surface area contributed by atoms with Gasteiger partial charge in [-0.1, -0.05) is 29.3 Å². The molecule has 1 unspecified atom stereocenters. The molecule has 0 aromatic heterocycles. The second-order valence-corrected chi connectivity index (χ2v) is 7.03. The Morgan fingerprint density at radius 2 is 2.14 bits per heavy atom. The summed E-state index contributed by atoms with van der Waals surface area (Å²) in [7, 11) is 0. The Hall–Kier alpha value is -1.26. The van der Waals surface area contributed by atoms with Gasteiger partial charge in [0.25, 0.3) is 0 Å². The largest absolute Gasteiger partial charge is 0.350 e. The van der Waals surface area contributed by atoms with E-state index < -0.39 is 5.54 Å². The highest BCUT2D eigenvalue weighted by molar-refractivity contribution is 6.35. The van der Waals surface area contributed by atoms with Gasteiger partial charge in [-0.3, -0.25) is 9.59 Å². The van der Waals surface area contributed by atoms with Crippen molar-refractivity contribution in [1.29, 1.82) is 0 Å². The summed E-state index contributed by atoms with van der Waals surface area (Å²) in [6.45, 7) is 2.19. The van der Waals surface area contributed by atoms with Gasteiger partial charge < -0.3 is 10.2 Å². The van der Waals surface area contributed by atoms with Crippen LogP contribution in [-0.4, -0.2) is 28.3 Å². The van der Waals surface area contributed by atoms with Crippen LogP contribution in [0.15, 0.2) is 18.2 Å². The smallest absolute Gasteiger partial charge is 0.245 e. The fourth-order valence-electron chi connectivity index (χ4n) is 3.06. The molecule has 1 saturated carbocycles. The van der Waals surface area contributed by atoms with Gasteiger partial charge >= 0.3 is 0 Å². The first-order valence-electron chi connectivity index (χ1n) is 7.46. The van der Waals surface area contributed by atoms with E-state index in [-0.39, 0.29) is 17.9 Å². The van der Waals surface area contributed by atoms with Crippen LogP contribution in [0.25, 0.3) is 0 Å². The minimum atomic E-state index is -0.739. The Bertz CT molecular complexity index is 631. The van der Waals surface area contributed by atoms with Crippen LogP contribution in [0, 0.1) is 0 Å². The number of carbonyl (C=O) groups is 2. The maximum Gasteiger partial charge on any atom is 0.245 e. The fourth-order valence-corrected chi connectivity index (χ4v) is 3.54. The number of nitrogens with zero attached hydrogens (tertiary/aromatic N) is 1. The van der Waals surface area contributed by atoms with Crippen LogP contribution in [0.5, 0.6) is 0 Å². The van der Waals surface area contributed by atoms with E-state index in [0.717, 1.165) is 18.4 Å². The van der Waals surface area contributed by atoms with Gasteiger partial charge in [-0.05, 0) is 43.9 Å². The number of likely N-dealkylation sites (tertiary alicyclic amines) is 1. The third kappa shape index (κ3) is 2.82. The molecule has 118 valence electrons. The molecule has 2 aliphatic rings. The number of hydrogen-bond acceptors (Lipinski definition) is 2. The first-order chi connectivity index (χ1) is 10.4. The molecule has 1 atom stereocenters. The minimum Gasteiger partial charge on any atom is -0.350 e. The molecule has 6 heteroatoms. The summed E-state index contributed by atoms with van der Waals surface area (Å²) in [5.74, 6) is -0.0269. The van der Waals surface area contributed by atoms with Crippen molar-refractivity contribution in [3.8, 4) is 0 Å². The number of hydrogen-bond donors (Lipinski definition) is 1. The molecule has 1 aromatic carbocycles. The number of carbonyl (C=O) groups excluding carboxylic acids is 2. The van der Waals surface area contributed by atoms with E-state index in [0.29, 0.717) is 29.4 Å². The molecule has 0 radical (unpaired) electrons. The van der Waals surface area contributed by atoms with Crippen molar-refractivity contribution in [2.75, 3.05) is 0 Å². The van der Waals surface area contributed by atoms with Crippen LogP contribution in [0.1, 0.15) is 38.2 Å². The maximum absolute atomic E-state index is 12.6. The molecular formula is C16H18Cl2N2O2. The third-order valence-corrected chi connectivity index (χ3v) is 5.07. The second kappa shape index (κ2) is 5.74. The van der Waals surface area contributed by atoms with Crippen molar-refractivity contribution in [2.24, 2.45) is 0 Å². The van der Waals surface area contributed by atoms with Crippen molar-refractivity contribution in [1.82, 2.24) is 10.2 Å². The summed E-state index contributed by atoms with van der Waals surface area (Å²) in [4.78, 5) is 26.5. The predicted octanol–water partition coefficient (Wildman–Crippen LogP) is 3.15. The van der Waals surface area contributed by atoms with E-state index in [1.165, 1.54) is 0 Å². The Balaban J connectivity index is 1.69. The molecule has 4 nitrogen and oxygen atoms in total. The molecular weight excluding hydrogens is 323 g/mol. The molecule has 0 bridgehead atoms. The monoisotopic (exact) mass is 340 g/mol. The van der Waals surface area contributed by atoms with Gasteiger partial charge in [0.15, 0.2) is 0 Å². The first kappa shape index (κ1) is 15.6. The van der Waals surface area contributed by atoms with Crippen molar-refractivity contribution in [3.63, 3.8) is 0 Å².